The Hall–Kier alpha value is -1.56. The summed E-state index contributed by atoms with van der Waals surface area (Å²) < 4.78 is 16.2. The van der Waals surface area contributed by atoms with E-state index in [1.807, 2.05) is 20.8 Å². The average Bonchev–Trinajstić information content (AvgIpc) is 3.02. The zero-order valence-electron chi connectivity index (χ0n) is 14.5. The van der Waals surface area contributed by atoms with Crippen LogP contribution in [0.5, 0.6) is 0 Å². The van der Waals surface area contributed by atoms with Crippen LogP contribution in [-0.4, -0.2) is 54.5 Å². The van der Waals surface area contributed by atoms with Crippen molar-refractivity contribution in [1.29, 1.82) is 0 Å². The maximum Gasteiger partial charge on any atom is 0.411 e. The molecule has 0 N–H and O–H groups in total. The number of rotatable bonds is 6. The second kappa shape index (κ2) is 6.51. The lowest BCUT2D eigenvalue weighted by molar-refractivity contribution is -0.149. The average molecular weight is 325 g/mol. The minimum absolute atomic E-state index is 0.0171. The number of ether oxygens (including phenoxy) is 3. The number of carbonyl (C=O) groups excluding carboxylic acids is 2. The summed E-state index contributed by atoms with van der Waals surface area (Å²) in [6.07, 6.45) is 2.63. The van der Waals surface area contributed by atoms with E-state index in [4.69, 9.17) is 14.2 Å². The highest BCUT2D eigenvalue weighted by atomic mass is 16.6. The first kappa shape index (κ1) is 17.8. The molecule has 2 fully saturated rings. The summed E-state index contributed by atoms with van der Waals surface area (Å²) in [5.74, 6) is -0.367. The van der Waals surface area contributed by atoms with Crippen LogP contribution in [0.25, 0.3) is 0 Å². The highest BCUT2D eigenvalue weighted by Crippen LogP contribution is 2.60. The molecular formula is C17H27NO5. The Morgan fingerprint density at radius 1 is 1.35 bits per heavy atom. The van der Waals surface area contributed by atoms with Gasteiger partial charge in [0.2, 0.25) is 0 Å². The molecule has 1 saturated heterocycles. The molecule has 0 bridgehead atoms. The fraction of sp³-hybridized carbons (Fsp3) is 0.765. The van der Waals surface area contributed by atoms with Gasteiger partial charge in [-0.1, -0.05) is 6.08 Å². The van der Waals surface area contributed by atoms with E-state index in [9.17, 15) is 9.59 Å². The van der Waals surface area contributed by atoms with Crippen molar-refractivity contribution in [3.8, 4) is 0 Å². The van der Waals surface area contributed by atoms with Crippen LogP contribution < -0.4 is 0 Å². The van der Waals surface area contributed by atoms with Crippen molar-refractivity contribution in [3.05, 3.63) is 12.7 Å². The molecule has 0 aromatic carbocycles. The molecule has 2 aliphatic rings. The predicted octanol–water partition coefficient (Wildman–Crippen LogP) is 2.52. The van der Waals surface area contributed by atoms with Crippen LogP contribution in [0.2, 0.25) is 0 Å². The molecule has 3 atom stereocenters. The number of esters is 1. The number of likely N-dealkylation sites (tertiary alicyclic amines) is 1. The minimum atomic E-state index is -0.601. The number of nitrogens with zero attached hydrogens (tertiary/aromatic N) is 1. The van der Waals surface area contributed by atoms with E-state index >= 15 is 0 Å². The fourth-order valence-electron chi connectivity index (χ4n) is 3.20. The van der Waals surface area contributed by atoms with Gasteiger partial charge >= 0.3 is 12.1 Å². The molecule has 1 aliphatic carbocycles. The smallest absolute Gasteiger partial charge is 0.411 e. The second-order valence-corrected chi connectivity index (χ2v) is 7.25. The van der Waals surface area contributed by atoms with Gasteiger partial charge in [0, 0.05) is 11.5 Å². The van der Waals surface area contributed by atoms with Gasteiger partial charge in [0.1, 0.15) is 11.6 Å². The van der Waals surface area contributed by atoms with Crippen molar-refractivity contribution in [2.75, 3.05) is 19.8 Å². The number of amides is 1. The van der Waals surface area contributed by atoms with E-state index in [2.05, 4.69) is 6.58 Å². The zero-order valence-corrected chi connectivity index (χ0v) is 14.5. The van der Waals surface area contributed by atoms with Gasteiger partial charge in [-0.05, 0) is 40.5 Å². The molecule has 130 valence electrons. The first-order chi connectivity index (χ1) is 10.7. The lowest BCUT2D eigenvalue weighted by Crippen LogP contribution is -2.46. The quantitative estimate of drug-likeness (QED) is 0.426. The van der Waals surface area contributed by atoms with Gasteiger partial charge in [0.05, 0.1) is 19.8 Å². The van der Waals surface area contributed by atoms with E-state index in [1.165, 1.54) is 0 Å². The van der Waals surface area contributed by atoms with Gasteiger partial charge in [-0.3, -0.25) is 4.90 Å². The van der Waals surface area contributed by atoms with Crippen molar-refractivity contribution in [1.82, 2.24) is 4.90 Å². The monoisotopic (exact) mass is 325 g/mol. The van der Waals surface area contributed by atoms with E-state index in [-0.39, 0.29) is 17.4 Å². The lowest BCUT2D eigenvalue weighted by atomic mass is 10.0. The summed E-state index contributed by atoms with van der Waals surface area (Å²) in [7, 11) is 0. The molecule has 6 heteroatoms. The largest absolute Gasteiger partial charge is 0.464 e. The molecular weight excluding hydrogens is 298 g/mol. The van der Waals surface area contributed by atoms with Crippen LogP contribution >= 0.6 is 0 Å². The van der Waals surface area contributed by atoms with Gasteiger partial charge in [-0.25, -0.2) is 9.59 Å². The summed E-state index contributed by atoms with van der Waals surface area (Å²) in [6, 6.07) is -0.604. The molecule has 1 aliphatic heterocycles. The maximum absolute atomic E-state index is 12.5. The Labute approximate surface area is 137 Å². The maximum atomic E-state index is 12.5. The molecule has 23 heavy (non-hydrogen) atoms. The lowest BCUT2D eigenvalue weighted by Gasteiger charge is -2.29. The molecule has 0 aromatic rings. The number of hydrogen-bond donors (Lipinski definition) is 0. The van der Waals surface area contributed by atoms with Crippen molar-refractivity contribution in [2.24, 2.45) is 5.41 Å². The van der Waals surface area contributed by atoms with Gasteiger partial charge in [-0.2, -0.15) is 0 Å². The minimum Gasteiger partial charge on any atom is -0.464 e. The van der Waals surface area contributed by atoms with Crippen LogP contribution in [0.15, 0.2) is 12.7 Å². The number of carbonyl (C=O) groups is 2. The zero-order chi connectivity index (χ0) is 17.3. The molecule has 0 unspecified atom stereocenters. The second-order valence-electron chi connectivity index (χ2n) is 7.25. The number of fused-ring (bicyclic) bond motifs is 1. The van der Waals surface area contributed by atoms with Crippen LogP contribution in [0, 0.1) is 5.41 Å². The van der Waals surface area contributed by atoms with Gasteiger partial charge in [0.15, 0.2) is 0 Å². The normalized spacial score (nSPS) is 29.0. The molecule has 0 aromatic heterocycles. The first-order valence-corrected chi connectivity index (χ1v) is 8.10. The topological polar surface area (TPSA) is 65.1 Å². The summed E-state index contributed by atoms with van der Waals surface area (Å²) >= 11 is 0. The highest BCUT2D eigenvalue weighted by Gasteiger charge is 2.68. The van der Waals surface area contributed by atoms with Crippen LogP contribution in [0.1, 0.15) is 40.5 Å². The Bertz CT molecular complexity index is 484. The van der Waals surface area contributed by atoms with Crippen LogP contribution in [0.4, 0.5) is 4.79 Å². The van der Waals surface area contributed by atoms with Crippen LogP contribution in [0.3, 0.4) is 0 Å². The van der Waals surface area contributed by atoms with Crippen molar-refractivity contribution in [3.63, 3.8) is 0 Å². The highest BCUT2D eigenvalue weighted by molar-refractivity contribution is 5.83. The third-order valence-electron chi connectivity index (χ3n) is 4.21. The molecule has 2 rings (SSSR count). The molecule has 1 saturated carbocycles. The Morgan fingerprint density at radius 3 is 2.61 bits per heavy atom. The SMILES string of the molecule is C=CCOC[C@@]12C[C@@H]1N(C(=O)OC(C)(C)C)[C@H](C(=O)OCC)C2. The molecule has 6 nitrogen and oxygen atoms in total. The van der Waals surface area contributed by atoms with Crippen molar-refractivity contribution in [2.45, 2.75) is 58.2 Å². The standard InChI is InChI=1S/C17H27NO5/c1-6-8-21-11-17-9-12(14(19)22-7-2)18(13(17)10-17)15(20)23-16(3,4)5/h6,12-13H,1,7-11H2,2-5H3/t12-,13-,17+/m0/s1. The van der Waals surface area contributed by atoms with Gasteiger partial charge in [0.25, 0.3) is 0 Å². The summed E-state index contributed by atoms with van der Waals surface area (Å²) in [5, 5.41) is 0. The Morgan fingerprint density at radius 2 is 2.04 bits per heavy atom. The third-order valence-corrected chi connectivity index (χ3v) is 4.21. The Balaban J connectivity index is 2.11. The van der Waals surface area contributed by atoms with E-state index < -0.39 is 17.7 Å². The first-order valence-electron chi connectivity index (χ1n) is 8.10. The van der Waals surface area contributed by atoms with Gasteiger partial charge in [-0.15, -0.1) is 6.58 Å². The summed E-state index contributed by atoms with van der Waals surface area (Å²) in [5.41, 5.74) is -0.757. The summed E-state index contributed by atoms with van der Waals surface area (Å²) in [6.45, 7) is 12.1. The molecule has 1 amide bonds. The van der Waals surface area contributed by atoms with Crippen molar-refractivity contribution >= 4 is 12.1 Å². The van der Waals surface area contributed by atoms with E-state index in [1.54, 1.807) is 17.9 Å². The predicted molar refractivity (Wildman–Crippen MR) is 85.0 cm³/mol. The van der Waals surface area contributed by atoms with E-state index in [0.29, 0.717) is 26.2 Å². The number of hydrogen-bond acceptors (Lipinski definition) is 5. The summed E-state index contributed by atoms with van der Waals surface area (Å²) in [4.78, 5) is 26.3. The van der Waals surface area contributed by atoms with Gasteiger partial charge < -0.3 is 14.2 Å². The van der Waals surface area contributed by atoms with E-state index in [0.717, 1.165) is 6.42 Å². The van der Waals surface area contributed by atoms with Crippen LogP contribution in [-0.2, 0) is 19.0 Å². The third kappa shape index (κ3) is 3.86. The van der Waals surface area contributed by atoms with Crippen molar-refractivity contribution < 1.29 is 23.8 Å². The molecule has 1 heterocycles. The Kier molecular flexibility index (Phi) is 5.04. The fourth-order valence-corrected chi connectivity index (χ4v) is 3.20. The molecule has 0 radical (unpaired) electrons. The number of piperidine rings is 1. The molecule has 0 spiro atoms.